The summed E-state index contributed by atoms with van der Waals surface area (Å²) in [7, 11) is 0. The highest BCUT2D eigenvalue weighted by atomic mass is 32.2. The average Bonchev–Trinajstić information content (AvgIpc) is 3.24. The van der Waals surface area contributed by atoms with Crippen molar-refractivity contribution in [3.8, 4) is 0 Å². The minimum absolute atomic E-state index is 0.0999. The standard InChI is InChI=1S/C53H108N2O5S2/c1-5-9-13-17-21-25-29-33-37-49(56)45-54(46-50(57)38-34-30-26-22-18-14-10-6-2)41-43-61-53(60)62-44-42-55(47-51(58)39-35-31-27-23-19-15-11-7-3)48-52(59)40-36-32-28-24-20-16-12-8-4/h49-52,56-59H,5-48H2,1-4H3. The Morgan fingerprint density at radius 3 is 0.742 bits per heavy atom. The average molecular weight is 918 g/mol. The number of carbonyl (C=O) groups is 1. The molecule has 0 fully saturated rings. The van der Waals surface area contributed by atoms with E-state index < -0.39 is 24.4 Å². The van der Waals surface area contributed by atoms with Crippen LogP contribution in [0.5, 0.6) is 0 Å². The van der Waals surface area contributed by atoms with Gasteiger partial charge in [-0.1, -0.05) is 257 Å². The van der Waals surface area contributed by atoms with E-state index in [1.807, 2.05) is 0 Å². The van der Waals surface area contributed by atoms with Crippen LogP contribution < -0.4 is 0 Å². The van der Waals surface area contributed by atoms with Crippen LogP contribution in [-0.2, 0) is 0 Å². The molecule has 0 aliphatic carbocycles. The zero-order valence-electron chi connectivity index (χ0n) is 41.8. The Balaban J connectivity index is 4.98. The highest BCUT2D eigenvalue weighted by molar-refractivity contribution is 8.38. The summed E-state index contributed by atoms with van der Waals surface area (Å²) in [5, 5.41) is 44.1. The molecule has 0 heterocycles. The van der Waals surface area contributed by atoms with Crippen molar-refractivity contribution in [1.82, 2.24) is 9.80 Å². The lowest BCUT2D eigenvalue weighted by Crippen LogP contribution is -2.39. The molecule has 0 amide bonds. The van der Waals surface area contributed by atoms with Crippen molar-refractivity contribution < 1.29 is 25.2 Å². The van der Waals surface area contributed by atoms with Gasteiger partial charge >= 0.3 is 0 Å². The maximum atomic E-state index is 13.1. The first-order valence-corrected chi connectivity index (χ1v) is 29.2. The van der Waals surface area contributed by atoms with E-state index in [0.29, 0.717) is 50.8 Å². The van der Waals surface area contributed by atoms with Gasteiger partial charge in [-0.2, -0.15) is 0 Å². The van der Waals surface area contributed by atoms with Crippen LogP contribution in [0.1, 0.15) is 259 Å². The minimum Gasteiger partial charge on any atom is -0.392 e. The van der Waals surface area contributed by atoms with Crippen LogP contribution in [0.3, 0.4) is 0 Å². The first-order chi connectivity index (χ1) is 30.2. The third-order valence-electron chi connectivity index (χ3n) is 12.7. The van der Waals surface area contributed by atoms with Crippen molar-refractivity contribution in [2.75, 3.05) is 50.8 Å². The van der Waals surface area contributed by atoms with Gasteiger partial charge in [-0.25, -0.2) is 0 Å². The predicted octanol–water partition coefficient (Wildman–Crippen LogP) is 14.7. The molecule has 62 heavy (non-hydrogen) atoms. The normalized spacial score (nSPS) is 14.0. The molecule has 0 aromatic rings. The molecule has 0 rings (SSSR count). The van der Waals surface area contributed by atoms with Gasteiger partial charge in [-0.05, 0) is 25.7 Å². The van der Waals surface area contributed by atoms with Crippen LogP contribution in [0, 0.1) is 0 Å². The Bertz CT molecular complexity index is 780. The lowest BCUT2D eigenvalue weighted by atomic mass is 10.0. The second-order valence-electron chi connectivity index (χ2n) is 19.1. The van der Waals surface area contributed by atoms with E-state index in [1.54, 1.807) is 0 Å². The van der Waals surface area contributed by atoms with Crippen molar-refractivity contribution in [1.29, 1.82) is 0 Å². The van der Waals surface area contributed by atoms with Gasteiger partial charge in [0.1, 0.15) is 0 Å². The Hall–Kier alpha value is 0.130. The summed E-state index contributed by atoms with van der Waals surface area (Å²) in [5.74, 6) is 1.28. The number of nitrogens with zero attached hydrogens (tertiary/aromatic N) is 2. The van der Waals surface area contributed by atoms with E-state index in [4.69, 9.17) is 0 Å². The van der Waals surface area contributed by atoms with E-state index in [0.717, 1.165) is 51.4 Å². The van der Waals surface area contributed by atoms with Crippen LogP contribution in [0.2, 0.25) is 0 Å². The largest absolute Gasteiger partial charge is 0.392 e. The molecule has 0 aliphatic rings. The molecule has 0 bridgehead atoms. The summed E-state index contributed by atoms with van der Waals surface area (Å²) < 4.78 is 0.0999. The first-order valence-electron chi connectivity index (χ1n) is 27.2. The maximum absolute atomic E-state index is 13.1. The summed E-state index contributed by atoms with van der Waals surface area (Å²) in [5.41, 5.74) is 0. The predicted molar refractivity (Wildman–Crippen MR) is 276 cm³/mol. The maximum Gasteiger partial charge on any atom is 0.246 e. The minimum atomic E-state index is -0.414. The van der Waals surface area contributed by atoms with E-state index in [2.05, 4.69) is 37.5 Å². The highest BCUT2D eigenvalue weighted by Gasteiger charge is 2.19. The van der Waals surface area contributed by atoms with Crippen LogP contribution in [0.15, 0.2) is 0 Å². The second kappa shape index (κ2) is 49.0. The summed E-state index contributed by atoms with van der Waals surface area (Å²) in [6.07, 6.45) is 41.5. The second-order valence-corrected chi connectivity index (χ2v) is 21.5. The SMILES string of the molecule is CCCCCCCCCCC(O)CN(CCSC(=O)SCCN(CC(O)CCCCCCCCCC)CC(O)CCCCCCCCCC)CC(O)CCCCCCCCCC. The molecule has 0 spiro atoms. The monoisotopic (exact) mass is 917 g/mol. The smallest absolute Gasteiger partial charge is 0.246 e. The van der Waals surface area contributed by atoms with Crippen LogP contribution in [0.4, 0.5) is 4.79 Å². The lowest BCUT2D eigenvalue weighted by molar-refractivity contribution is 0.0634. The number of hydrogen-bond acceptors (Lipinski definition) is 9. The zero-order valence-corrected chi connectivity index (χ0v) is 43.5. The molecule has 0 radical (unpaired) electrons. The molecule has 0 saturated carbocycles. The molecule has 9 heteroatoms. The van der Waals surface area contributed by atoms with Gasteiger partial charge in [-0.15, -0.1) is 0 Å². The molecular weight excluding hydrogens is 809 g/mol. The number of hydrogen-bond donors (Lipinski definition) is 4. The van der Waals surface area contributed by atoms with Crippen LogP contribution in [0.25, 0.3) is 0 Å². The molecule has 0 aromatic carbocycles. The summed E-state index contributed by atoms with van der Waals surface area (Å²) >= 11 is 2.70. The Morgan fingerprint density at radius 1 is 0.339 bits per heavy atom. The number of unbranched alkanes of at least 4 members (excludes halogenated alkanes) is 28. The zero-order chi connectivity index (χ0) is 45.6. The summed E-state index contributed by atoms with van der Waals surface area (Å²) in [6.45, 7) is 12.5. The van der Waals surface area contributed by atoms with Gasteiger partial charge in [0, 0.05) is 50.8 Å². The summed E-state index contributed by atoms with van der Waals surface area (Å²) in [4.78, 5) is 17.5. The molecule has 0 aromatic heterocycles. The van der Waals surface area contributed by atoms with Gasteiger partial charge in [0.05, 0.1) is 24.4 Å². The summed E-state index contributed by atoms with van der Waals surface area (Å²) in [6, 6.07) is 0. The topological polar surface area (TPSA) is 104 Å². The molecular formula is C53H108N2O5S2. The first kappa shape index (κ1) is 62.1. The molecule has 4 atom stereocenters. The molecule has 0 saturated heterocycles. The van der Waals surface area contributed by atoms with E-state index in [-0.39, 0.29) is 4.45 Å². The fourth-order valence-electron chi connectivity index (χ4n) is 8.68. The van der Waals surface area contributed by atoms with Crippen molar-refractivity contribution in [2.24, 2.45) is 0 Å². The molecule has 4 unspecified atom stereocenters. The van der Waals surface area contributed by atoms with Crippen LogP contribution >= 0.6 is 23.5 Å². The number of rotatable bonds is 50. The third-order valence-corrected chi connectivity index (χ3v) is 14.6. The van der Waals surface area contributed by atoms with Gasteiger partial charge in [0.25, 0.3) is 0 Å². The lowest BCUT2D eigenvalue weighted by Gasteiger charge is -2.27. The van der Waals surface area contributed by atoms with Gasteiger partial charge in [-0.3, -0.25) is 14.6 Å². The number of carbonyl (C=O) groups excluding carboxylic acids is 1. The Kier molecular flexibility index (Phi) is 49.1. The van der Waals surface area contributed by atoms with Gasteiger partial charge < -0.3 is 20.4 Å². The fraction of sp³-hybridized carbons (Fsp3) is 0.981. The number of thioether (sulfide) groups is 2. The number of aliphatic hydroxyl groups excluding tert-OH is 4. The Labute approximate surface area is 395 Å². The quantitative estimate of drug-likeness (QED) is 0.0444. The third kappa shape index (κ3) is 45.3. The number of aliphatic hydroxyl groups is 4. The molecule has 7 nitrogen and oxygen atoms in total. The van der Waals surface area contributed by atoms with Crippen molar-refractivity contribution in [3.63, 3.8) is 0 Å². The van der Waals surface area contributed by atoms with Crippen molar-refractivity contribution >= 4 is 28.0 Å². The van der Waals surface area contributed by atoms with Gasteiger partial charge in [0.2, 0.25) is 4.45 Å². The molecule has 0 aliphatic heterocycles. The van der Waals surface area contributed by atoms with E-state index >= 15 is 0 Å². The highest BCUT2D eigenvalue weighted by Crippen LogP contribution is 2.20. The van der Waals surface area contributed by atoms with E-state index in [9.17, 15) is 25.2 Å². The van der Waals surface area contributed by atoms with Crippen LogP contribution in [-0.4, -0.2) is 110 Å². The Morgan fingerprint density at radius 2 is 0.532 bits per heavy atom. The van der Waals surface area contributed by atoms with Crippen molar-refractivity contribution in [3.05, 3.63) is 0 Å². The van der Waals surface area contributed by atoms with Crippen molar-refractivity contribution in [2.45, 2.75) is 283 Å². The molecule has 372 valence electrons. The fourth-order valence-corrected chi connectivity index (χ4v) is 10.6. The van der Waals surface area contributed by atoms with Gasteiger partial charge in [0.15, 0.2) is 0 Å². The molecule has 4 N–H and O–H groups in total. The van der Waals surface area contributed by atoms with E-state index in [1.165, 1.54) is 203 Å².